The van der Waals surface area contributed by atoms with Crippen LogP contribution in [0.1, 0.15) is 28.8 Å². The van der Waals surface area contributed by atoms with Crippen molar-refractivity contribution in [3.63, 3.8) is 0 Å². The number of methoxy groups -OCH3 is 1. The third-order valence-corrected chi connectivity index (χ3v) is 3.88. The first-order valence-electron chi connectivity index (χ1n) is 6.66. The molecule has 1 amide bonds. The number of hydrogen-bond acceptors (Lipinski definition) is 3. The molecule has 2 aromatic rings. The summed E-state index contributed by atoms with van der Waals surface area (Å²) in [5.41, 5.74) is 1.75. The van der Waals surface area contributed by atoms with Crippen molar-refractivity contribution in [2.24, 2.45) is 0 Å². The number of aromatic nitrogens is 2. The molecule has 3 rings (SSSR count). The quantitative estimate of drug-likeness (QED) is 0.872. The van der Waals surface area contributed by atoms with E-state index in [9.17, 15) is 4.79 Å². The maximum absolute atomic E-state index is 12.0. The van der Waals surface area contributed by atoms with E-state index in [0.29, 0.717) is 12.1 Å². The first kappa shape index (κ1) is 12.7. The second-order valence-corrected chi connectivity index (χ2v) is 5.15. The van der Waals surface area contributed by atoms with Gasteiger partial charge < -0.3 is 10.1 Å². The SMILES string of the molecule is COc1ccccc1C1(CNC(=O)c2cn[nH]c2)CC1. The van der Waals surface area contributed by atoms with Gasteiger partial charge in [-0.1, -0.05) is 18.2 Å². The van der Waals surface area contributed by atoms with Crippen molar-refractivity contribution in [1.82, 2.24) is 15.5 Å². The summed E-state index contributed by atoms with van der Waals surface area (Å²) in [6, 6.07) is 8.02. The van der Waals surface area contributed by atoms with E-state index >= 15 is 0 Å². The molecule has 20 heavy (non-hydrogen) atoms. The van der Waals surface area contributed by atoms with Crippen LogP contribution in [0.4, 0.5) is 0 Å². The van der Waals surface area contributed by atoms with E-state index in [1.165, 1.54) is 11.8 Å². The van der Waals surface area contributed by atoms with Crippen LogP contribution in [0.3, 0.4) is 0 Å². The first-order chi connectivity index (χ1) is 9.75. The monoisotopic (exact) mass is 271 g/mol. The van der Waals surface area contributed by atoms with Gasteiger partial charge in [-0.05, 0) is 18.9 Å². The highest BCUT2D eigenvalue weighted by molar-refractivity contribution is 5.93. The summed E-state index contributed by atoms with van der Waals surface area (Å²) in [4.78, 5) is 12.0. The molecule has 1 fully saturated rings. The number of carbonyl (C=O) groups is 1. The van der Waals surface area contributed by atoms with Crippen LogP contribution in [-0.2, 0) is 5.41 Å². The van der Waals surface area contributed by atoms with Crippen LogP contribution in [-0.4, -0.2) is 29.8 Å². The van der Waals surface area contributed by atoms with Crippen LogP contribution in [0.2, 0.25) is 0 Å². The highest BCUT2D eigenvalue weighted by atomic mass is 16.5. The number of benzene rings is 1. The van der Waals surface area contributed by atoms with Crippen LogP contribution in [0.15, 0.2) is 36.7 Å². The zero-order valence-corrected chi connectivity index (χ0v) is 11.3. The van der Waals surface area contributed by atoms with Gasteiger partial charge in [-0.15, -0.1) is 0 Å². The second kappa shape index (κ2) is 5.00. The molecule has 0 atom stereocenters. The Morgan fingerprint density at radius 1 is 1.45 bits per heavy atom. The molecule has 0 bridgehead atoms. The minimum atomic E-state index is -0.0973. The van der Waals surface area contributed by atoms with Crippen molar-refractivity contribution in [2.75, 3.05) is 13.7 Å². The molecule has 0 aliphatic heterocycles. The average molecular weight is 271 g/mol. The number of para-hydroxylation sites is 1. The maximum Gasteiger partial charge on any atom is 0.254 e. The first-order valence-corrected chi connectivity index (χ1v) is 6.66. The lowest BCUT2D eigenvalue weighted by Gasteiger charge is -2.19. The molecule has 5 nitrogen and oxygen atoms in total. The van der Waals surface area contributed by atoms with Crippen LogP contribution < -0.4 is 10.1 Å². The van der Waals surface area contributed by atoms with Crippen molar-refractivity contribution in [2.45, 2.75) is 18.3 Å². The second-order valence-electron chi connectivity index (χ2n) is 5.15. The molecule has 5 heteroatoms. The summed E-state index contributed by atoms with van der Waals surface area (Å²) in [5, 5.41) is 9.41. The van der Waals surface area contributed by atoms with E-state index in [4.69, 9.17) is 4.74 Å². The van der Waals surface area contributed by atoms with Gasteiger partial charge in [-0.3, -0.25) is 9.89 Å². The summed E-state index contributed by atoms with van der Waals surface area (Å²) in [6.07, 6.45) is 5.26. The minimum absolute atomic E-state index is 0.0198. The number of H-pyrrole nitrogens is 1. The van der Waals surface area contributed by atoms with Crippen molar-refractivity contribution in [1.29, 1.82) is 0 Å². The van der Waals surface area contributed by atoms with Crippen molar-refractivity contribution in [3.8, 4) is 5.75 Å². The standard InChI is InChI=1S/C15H17N3O2/c1-20-13-5-3-2-4-12(13)15(6-7-15)10-16-14(19)11-8-17-18-9-11/h2-5,8-9H,6-7,10H2,1H3,(H,16,19)(H,17,18). The van der Waals surface area contributed by atoms with Crippen molar-refractivity contribution < 1.29 is 9.53 Å². The Kier molecular flexibility index (Phi) is 3.18. The third kappa shape index (κ3) is 2.27. The van der Waals surface area contributed by atoms with Crippen molar-refractivity contribution in [3.05, 3.63) is 47.8 Å². The molecule has 2 N–H and O–H groups in total. The van der Waals surface area contributed by atoms with E-state index in [1.54, 1.807) is 13.3 Å². The van der Waals surface area contributed by atoms with Gasteiger partial charge in [0.05, 0.1) is 18.9 Å². The van der Waals surface area contributed by atoms with E-state index in [0.717, 1.165) is 18.6 Å². The van der Waals surface area contributed by atoms with Crippen LogP contribution in [0.5, 0.6) is 5.75 Å². The summed E-state index contributed by atoms with van der Waals surface area (Å²) in [7, 11) is 1.68. The Morgan fingerprint density at radius 3 is 2.90 bits per heavy atom. The van der Waals surface area contributed by atoms with Crippen LogP contribution in [0, 0.1) is 0 Å². The van der Waals surface area contributed by atoms with Gasteiger partial charge >= 0.3 is 0 Å². The molecule has 1 aromatic carbocycles. The average Bonchev–Trinajstić information content (AvgIpc) is 3.07. The molecular weight excluding hydrogens is 254 g/mol. The van der Waals surface area contributed by atoms with Gasteiger partial charge in [0.1, 0.15) is 5.75 Å². The third-order valence-electron chi connectivity index (χ3n) is 3.88. The van der Waals surface area contributed by atoms with Crippen LogP contribution in [0.25, 0.3) is 0 Å². The van der Waals surface area contributed by atoms with E-state index in [1.807, 2.05) is 18.2 Å². The number of nitrogens with one attached hydrogen (secondary N) is 2. The largest absolute Gasteiger partial charge is 0.496 e. The number of nitrogens with zero attached hydrogens (tertiary/aromatic N) is 1. The molecule has 0 saturated heterocycles. The summed E-state index contributed by atoms with van der Waals surface area (Å²) in [5.74, 6) is 0.794. The fraction of sp³-hybridized carbons (Fsp3) is 0.333. The number of hydrogen-bond donors (Lipinski definition) is 2. The van der Waals surface area contributed by atoms with Gasteiger partial charge in [-0.2, -0.15) is 5.10 Å². The molecule has 0 spiro atoms. The summed E-state index contributed by atoms with van der Waals surface area (Å²) < 4.78 is 5.42. The Labute approximate surface area is 117 Å². The van der Waals surface area contributed by atoms with Gasteiger partial charge in [0.25, 0.3) is 5.91 Å². The predicted octanol–water partition coefficient (Wildman–Crippen LogP) is 1.88. The Morgan fingerprint density at radius 2 is 2.25 bits per heavy atom. The Balaban J connectivity index is 1.72. The lowest BCUT2D eigenvalue weighted by Crippen LogP contribution is -2.32. The molecule has 1 saturated carbocycles. The molecule has 1 aromatic heterocycles. The lowest BCUT2D eigenvalue weighted by molar-refractivity contribution is 0.0949. The zero-order chi connectivity index (χ0) is 14.0. The number of ether oxygens (including phenoxy) is 1. The number of carbonyl (C=O) groups excluding carboxylic acids is 1. The van der Waals surface area contributed by atoms with Crippen molar-refractivity contribution >= 4 is 5.91 Å². The molecular formula is C15H17N3O2. The zero-order valence-electron chi connectivity index (χ0n) is 11.3. The summed E-state index contributed by atoms with van der Waals surface area (Å²) in [6.45, 7) is 0.622. The Bertz CT molecular complexity index is 603. The van der Waals surface area contributed by atoms with Gasteiger partial charge in [0, 0.05) is 23.7 Å². The molecule has 0 radical (unpaired) electrons. The topological polar surface area (TPSA) is 67.0 Å². The molecule has 1 aliphatic rings. The predicted molar refractivity (Wildman–Crippen MR) is 74.8 cm³/mol. The molecule has 1 heterocycles. The van der Waals surface area contributed by atoms with E-state index < -0.39 is 0 Å². The number of aromatic amines is 1. The van der Waals surface area contributed by atoms with E-state index in [-0.39, 0.29) is 11.3 Å². The highest BCUT2D eigenvalue weighted by Gasteiger charge is 2.46. The fourth-order valence-electron chi connectivity index (χ4n) is 2.50. The lowest BCUT2D eigenvalue weighted by atomic mass is 9.95. The number of rotatable bonds is 5. The maximum atomic E-state index is 12.0. The highest BCUT2D eigenvalue weighted by Crippen LogP contribution is 2.50. The van der Waals surface area contributed by atoms with Gasteiger partial charge in [0.15, 0.2) is 0 Å². The van der Waals surface area contributed by atoms with Gasteiger partial charge in [-0.25, -0.2) is 0 Å². The van der Waals surface area contributed by atoms with Crippen LogP contribution >= 0.6 is 0 Å². The normalized spacial score (nSPS) is 15.7. The molecule has 1 aliphatic carbocycles. The molecule has 104 valence electrons. The molecule has 0 unspecified atom stereocenters. The summed E-state index contributed by atoms with van der Waals surface area (Å²) >= 11 is 0. The minimum Gasteiger partial charge on any atom is -0.496 e. The smallest absolute Gasteiger partial charge is 0.254 e. The Hall–Kier alpha value is -2.30. The van der Waals surface area contributed by atoms with E-state index in [2.05, 4.69) is 21.6 Å². The fourth-order valence-corrected chi connectivity index (χ4v) is 2.50. The van der Waals surface area contributed by atoms with Gasteiger partial charge in [0.2, 0.25) is 0 Å². The number of amides is 1.